The molecule has 0 spiro atoms. The van der Waals surface area contributed by atoms with Crippen molar-refractivity contribution in [3.05, 3.63) is 18.2 Å². The van der Waals surface area contributed by atoms with Gasteiger partial charge in [-0.05, 0) is 32.4 Å². The number of amides is 1. The molecule has 27 heavy (non-hydrogen) atoms. The number of methoxy groups -OCH3 is 3. The molecule has 0 atom stereocenters. The number of hydrogen-bond donors (Lipinski definition) is 1. The SMILES string of the molecule is COCC1(C(=O)N(C)CCCOc2cc(OC)cc(OC)c2)CCNCC1. The molecule has 2 rings (SSSR count). The summed E-state index contributed by atoms with van der Waals surface area (Å²) in [6.45, 7) is 3.32. The van der Waals surface area contributed by atoms with E-state index in [1.807, 2.05) is 19.2 Å². The molecule has 152 valence electrons. The van der Waals surface area contributed by atoms with Crippen LogP contribution in [0.25, 0.3) is 0 Å². The molecule has 1 aromatic carbocycles. The summed E-state index contributed by atoms with van der Waals surface area (Å²) in [5.41, 5.74) is -0.407. The van der Waals surface area contributed by atoms with E-state index in [9.17, 15) is 4.79 Å². The first-order valence-electron chi connectivity index (χ1n) is 9.36. The number of carbonyl (C=O) groups excluding carboxylic acids is 1. The fourth-order valence-electron chi connectivity index (χ4n) is 3.46. The first-order valence-corrected chi connectivity index (χ1v) is 9.36. The monoisotopic (exact) mass is 380 g/mol. The first kappa shape index (κ1) is 21.3. The fourth-order valence-corrected chi connectivity index (χ4v) is 3.46. The summed E-state index contributed by atoms with van der Waals surface area (Å²) < 4.78 is 21.7. The Labute approximate surface area is 161 Å². The number of benzene rings is 1. The molecule has 1 aromatic rings. The van der Waals surface area contributed by atoms with Crippen molar-refractivity contribution in [1.82, 2.24) is 10.2 Å². The van der Waals surface area contributed by atoms with Crippen LogP contribution in [0, 0.1) is 5.41 Å². The third kappa shape index (κ3) is 5.74. The van der Waals surface area contributed by atoms with Gasteiger partial charge in [-0.2, -0.15) is 0 Å². The Kier molecular flexibility index (Phi) is 8.19. The lowest BCUT2D eigenvalue weighted by molar-refractivity contribution is -0.146. The van der Waals surface area contributed by atoms with Gasteiger partial charge < -0.3 is 29.2 Å². The third-order valence-electron chi connectivity index (χ3n) is 5.01. The van der Waals surface area contributed by atoms with Gasteiger partial charge in [0.05, 0.1) is 32.8 Å². The number of rotatable bonds is 10. The van der Waals surface area contributed by atoms with Crippen molar-refractivity contribution in [1.29, 1.82) is 0 Å². The first-order chi connectivity index (χ1) is 13.0. The molecule has 1 heterocycles. The van der Waals surface area contributed by atoms with Crippen LogP contribution in [0.4, 0.5) is 0 Å². The number of piperidine rings is 1. The minimum atomic E-state index is -0.407. The zero-order valence-corrected chi connectivity index (χ0v) is 16.9. The molecule has 1 amide bonds. The Morgan fingerprint density at radius 1 is 1.07 bits per heavy atom. The lowest BCUT2D eigenvalue weighted by Gasteiger charge is -2.38. The third-order valence-corrected chi connectivity index (χ3v) is 5.01. The summed E-state index contributed by atoms with van der Waals surface area (Å²) in [6, 6.07) is 5.44. The average molecular weight is 380 g/mol. The van der Waals surface area contributed by atoms with E-state index in [4.69, 9.17) is 18.9 Å². The fraction of sp³-hybridized carbons (Fsp3) is 0.650. The second kappa shape index (κ2) is 10.4. The van der Waals surface area contributed by atoms with E-state index in [1.165, 1.54) is 0 Å². The zero-order chi connectivity index (χ0) is 19.7. The Morgan fingerprint density at radius 2 is 1.67 bits per heavy atom. The number of carbonyl (C=O) groups is 1. The van der Waals surface area contributed by atoms with Crippen LogP contribution >= 0.6 is 0 Å². The highest BCUT2D eigenvalue weighted by Gasteiger charge is 2.41. The molecule has 0 radical (unpaired) electrons. The quantitative estimate of drug-likeness (QED) is 0.626. The summed E-state index contributed by atoms with van der Waals surface area (Å²) in [7, 11) is 6.73. The summed E-state index contributed by atoms with van der Waals surface area (Å²) in [5, 5.41) is 3.31. The second-order valence-corrected chi connectivity index (χ2v) is 6.94. The minimum absolute atomic E-state index is 0.161. The number of hydrogen-bond acceptors (Lipinski definition) is 6. The highest BCUT2D eigenvalue weighted by atomic mass is 16.5. The zero-order valence-electron chi connectivity index (χ0n) is 16.9. The van der Waals surface area contributed by atoms with E-state index in [0.717, 1.165) is 32.4 Å². The van der Waals surface area contributed by atoms with Crippen LogP contribution in [0.15, 0.2) is 18.2 Å². The maximum absolute atomic E-state index is 13.0. The predicted molar refractivity (Wildman–Crippen MR) is 104 cm³/mol. The van der Waals surface area contributed by atoms with E-state index in [0.29, 0.717) is 37.0 Å². The Balaban J connectivity index is 1.84. The standard InChI is InChI=1S/C20H32N2O5/c1-22(19(23)20(15-24-2)6-8-21-9-7-20)10-5-11-27-18-13-16(25-3)12-17(14-18)26-4/h12-14,21H,5-11,15H2,1-4H3. The van der Waals surface area contributed by atoms with Gasteiger partial charge >= 0.3 is 0 Å². The second-order valence-electron chi connectivity index (χ2n) is 6.94. The highest BCUT2D eigenvalue weighted by Crippen LogP contribution is 2.31. The van der Waals surface area contributed by atoms with Crippen molar-refractivity contribution in [2.75, 3.05) is 61.2 Å². The van der Waals surface area contributed by atoms with Gasteiger partial charge in [0.15, 0.2) is 0 Å². The molecular weight excluding hydrogens is 348 g/mol. The molecule has 1 saturated heterocycles. The van der Waals surface area contributed by atoms with E-state index in [1.54, 1.807) is 32.3 Å². The molecular formula is C20H32N2O5. The molecule has 7 heteroatoms. The van der Waals surface area contributed by atoms with Crippen LogP contribution in [-0.4, -0.2) is 72.0 Å². The number of nitrogens with zero attached hydrogens (tertiary/aromatic N) is 1. The largest absolute Gasteiger partial charge is 0.496 e. The number of nitrogens with one attached hydrogen (secondary N) is 1. The Bertz CT molecular complexity index is 574. The van der Waals surface area contributed by atoms with Crippen LogP contribution in [0.5, 0.6) is 17.2 Å². The van der Waals surface area contributed by atoms with Gasteiger partial charge in [-0.25, -0.2) is 0 Å². The van der Waals surface area contributed by atoms with Gasteiger partial charge in [0.2, 0.25) is 5.91 Å². The van der Waals surface area contributed by atoms with E-state index < -0.39 is 5.41 Å². The smallest absolute Gasteiger partial charge is 0.230 e. The van der Waals surface area contributed by atoms with Gasteiger partial charge in [-0.3, -0.25) is 4.79 Å². The molecule has 7 nitrogen and oxygen atoms in total. The van der Waals surface area contributed by atoms with E-state index >= 15 is 0 Å². The highest BCUT2D eigenvalue weighted by molar-refractivity contribution is 5.82. The molecule has 1 aliphatic heterocycles. The maximum Gasteiger partial charge on any atom is 0.230 e. The van der Waals surface area contributed by atoms with Crippen molar-refractivity contribution in [2.45, 2.75) is 19.3 Å². The van der Waals surface area contributed by atoms with Crippen molar-refractivity contribution in [3.8, 4) is 17.2 Å². The lowest BCUT2D eigenvalue weighted by atomic mass is 9.78. The van der Waals surface area contributed by atoms with Gasteiger partial charge in [0.1, 0.15) is 17.2 Å². The van der Waals surface area contributed by atoms with E-state index in [2.05, 4.69) is 5.32 Å². The predicted octanol–water partition coefficient (Wildman–Crippen LogP) is 1.95. The molecule has 0 aromatic heterocycles. The Morgan fingerprint density at radius 3 is 2.22 bits per heavy atom. The molecule has 0 bridgehead atoms. The van der Waals surface area contributed by atoms with Crippen LogP contribution in [-0.2, 0) is 9.53 Å². The summed E-state index contributed by atoms with van der Waals surface area (Å²) in [5.74, 6) is 2.22. The topological polar surface area (TPSA) is 69.3 Å². The van der Waals surface area contributed by atoms with Crippen LogP contribution in [0.3, 0.4) is 0 Å². The van der Waals surface area contributed by atoms with Gasteiger partial charge in [0.25, 0.3) is 0 Å². The van der Waals surface area contributed by atoms with Crippen LogP contribution in [0.2, 0.25) is 0 Å². The van der Waals surface area contributed by atoms with Crippen LogP contribution < -0.4 is 19.5 Å². The van der Waals surface area contributed by atoms with Crippen molar-refractivity contribution < 1.29 is 23.7 Å². The normalized spacial score (nSPS) is 15.9. The van der Waals surface area contributed by atoms with Crippen molar-refractivity contribution >= 4 is 5.91 Å². The summed E-state index contributed by atoms with van der Waals surface area (Å²) in [6.07, 6.45) is 2.36. The average Bonchev–Trinajstić information content (AvgIpc) is 2.71. The van der Waals surface area contributed by atoms with Crippen molar-refractivity contribution in [2.24, 2.45) is 5.41 Å². The van der Waals surface area contributed by atoms with Gasteiger partial charge in [-0.15, -0.1) is 0 Å². The summed E-state index contributed by atoms with van der Waals surface area (Å²) >= 11 is 0. The molecule has 1 fully saturated rings. The maximum atomic E-state index is 13.0. The molecule has 1 aliphatic rings. The summed E-state index contributed by atoms with van der Waals surface area (Å²) in [4.78, 5) is 14.8. The minimum Gasteiger partial charge on any atom is -0.496 e. The lowest BCUT2D eigenvalue weighted by Crippen LogP contribution is -2.50. The Hall–Kier alpha value is -1.99. The van der Waals surface area contributed by atoms with Crippen LogP contribution in [0.1, 0.15) is 19.3 Å². The molecule has 0 unspecified atom stereocenters. The molecule has 1 N–H and O–H groups in total. The van der Waals surface area contributed by atoms with Crippen molar-refractivity contribution in [3.63, 3.8) is 0 Å². The molecule has 0 aliphatic carbocycles. The van der Waals surface area contributed by atoms with Gasteiger partial charge in [0, 0.05) is 38.9 Å². The van der Waals surface area contributed by atoms with E-state index in [-0.39, 0.29) is 5.91 Å². The number of ether oxygens (including phenoxy) is 4. The van der Waals surface area contributed by atoms with Gasteiger partial charge in [-0.1, -0.05) is 0 Å². The molecule has 0 saturated carbocycles.